The molecule has 102 valence electrons. The fraction of sp³-hybridized carbons (Fsp3) is 0.455. The first-order chi connectivity index (χ1) is 9.02. The van der Waals surface area contributed by atoms with E-state index in [1.807, 2.05) is 6.92 Å². The summed E-state index contributed by atoms with van der Waals surface area (Å²) in [5.41, 5.74) is 0. The van der Waals surface area contributed by atoms with E-state index in [1.54, 1.807) is 0 Å². The fourth-order valence-electron chi connectivity index (χ4n) is 1.83. The van der Waals surface area contributed by atoms with Crippen LogP contribution in [0, 0.1) is 16.0 Å². The molecule has 0 aromatic carbocycles. The molecule has 0 radical (unpaired) electrons. The zero-order valence-corrected chi connectivity index (χ0v) is 10.3. The van der Waals surface area contributed by atoms with Crippen LogP contribution in [0.25, 0.3) is 0 Å². The maximum Gasteiger partial charge on any atom is 0.433 e. The molecule has 0 aliphatic carbocycles. The van der Waals surface area contributed by atoms with Gasteiger partial charge < -0.3 is 14.6 Å². The summed E-state index contributed by atoms with van der Waals surface area (Å²) in [4.78, 5) is 34.5. The molecule has 0 bridgehead atoms. The normalized spacial score (nSPS) is 14.9. The van der Waals surface area contributed by atoms with Gasteiger partial charge in [0.15, 0.2) is 5.76 Å². The predicted octanol–water partition coefficient (Wildman–Crippen LogP) is 0.396. The Kier molecular flexibility index (Phi) is 3.50. The minimum absolute atomic E-state index is 0.0824. The molecule has 1 N–H and O–H groups in total. The van der Waals surface area contributed by atoms with Crippen LogP contribution in [0.3, 0.4) is 0 Å². The van der Waals surface area contributed by atoms with Gasteiger partial charge in [-0.2, -0.15) is 0 Å². The highest BCUT2D eigenvalue weighted by Crippen LogP contribution is 2.22. The first-order valence-corrected chi connectivity index (χ1v) is 5.84. The van der Waals surface area contributed by atoms with Crippen LogP contribution >= 0.6 is 0 Å². The molecule has 1 aliphatic heterocycles. The SMILES string of the molecule is CCNC(=O)C1CN(C(=O)c2ccc([N+](=O)[O-])o2)C1. The maximum atomic E-state index is 11.9. The first-order valence-electron chi connectivity index (χ1n) is 5.84. The minimum atomic E-state index is -0.704. The van der Waals surface area contributed by atoms with Gasteiger partial charge in [0.05, 0.1) is 12.0 Å². The predicted molar refractivity (Wildman–Crippen MR) is 63.4 cm³/mol. The second kappa shape index (κ2) is 5.09. The lowest BCUT2D eigenvalue weighted by atomic mass is 9.99. The van der Waals surface area contributed by atoms with Crippen LogP contribution in [0.2, 0.25) is 0 Å². The van der Waals surface area contributed by atoms with Gasteiger partial charge in [-0.15, -0.1) is 0 Å². The van der Waals surface area contributed by atoms with E-state index in [0.717, 1.165) is 6.07 Å². The number of nitrogens with zero attached hydrogens (tertiary/aromatic N) is 2. The molecule has 0 spiro atoms. The highest BCUT2D eigenvalue weighted by Gasteiger charge is 2.37. The van der Waals surface area contributed by atoms with E-state index >= 15 is 0 Å². The number of furan rings is 1. The van der Waals surface area contributed by atoms with E-state index in [2.05, 4.69) is 5.32 Å². The molecule has 0 atom stereocenters. The second-order valence-electron chi connectivity index (χ2n) is 4.20. The van der Waals surface area contributed by atoms with Gasteiger partial charge in [-0.25, -0.2) is 0 Å². The van der Waals surface area contributed by atoms with Gasteiger partial charge in [0.1, 0.15) is 4.92 Å². The zero-order valence-electron chi connectivity index (χ0n) is 10.3. The largest absolute Gasteiger partial charge is 0.433 e. The number of hydrogen-bond donors (Lipinski definition) is 1. The molecule has 2 amide bonds. The molecule has 19 heavy (non-hydrogen) atoms. The number of nitrogens with one attached hydrogen (secondary N) is 1. The summed E-state index contributed by atoms with van der Waals surface area (Å²) in [5.74, 6) is -1.29. The Morgan fingerprint density at radius 2 is 2.21 bits per heavy atom. The minimum Gasteiger partial charge on any atom is -0.395 e. The molecule has 0 unspecified atom stereocenters. The molecule has 1 aliphatic rings. The Hall–Kier alpha value is -2.38. The van der Waals surface area contributed by atoms with Crippen LogP contribution in [0.5, 0.6) is 0 Å². The molecule has 8 heteroatoms. The molecule has 2 heterocycles. The summed E-state index contributed by atoms with van der Waals surface area (Å²) in [6.45, 7) is 2.98. The maximum absolute atomic E-state index is 11.9. The molecular weight excluding hydrogens is 254 g/mol. The van der Waals surface area contributed by atoms with E-state index < -0.39 is 16.7 Å². The monoisotopic (exact) mass is 267 g/mol. The Morgan fingerprint density at radius 1 is 1.53 bits per heavy atom. The highest BCUT2D eigenvalue weighted by atomic mass is 16.6. The van der Waals surface area contributed by atoms with Gasteiger partial charge in [-0.3, -0.25) is 19.7 Å². The average Bonchev–Trinajstić information content (AvgIpc) is 2.76. The van der Waals surface area contributed by atoms with E-state index in [1.165, 1.54) is 11.0 Å². The van der Waals surface area contributed by atoms with Crippen LogP contribution in [0.4, 0.5) is 5.88 Å². The highest BCUT2D eigenvalue weighted by molar-refractivity contribution is 5.94. The van der Waals surface area contributed by atoms with Gasteiger partial charge >= 0.3 is 5.88 Å². The number of likely N-dealkylation sites (tertiary alicyclic amines) is 1. The third kappa shape index (κ3) is 2.56. The number of amides is 2. The van der Waals surface area contributed by atoms with Gasteiger partial charge in [0, 0.05) is 19.6 Å². The molecule has 8 nitrogen and oxygen atoms in total. The molecule has 2 rings (SSSR count). The van der Waals surface area contributed by atoms with Crippen LogP contribution in [-0.2, 0) is 4.79 Å². The molecule has 1 fully saturated rings. The van der Waals surface area contributed by atoms with E-state index in [9.17, 15) is 19.7 Å². The zero-order chi connectivity index (χ0) is 14.0. The molecule has 1 aromatic heterocycles. The number of hydrogen-bond acceptors (Lipinski definition) is 5. The molecular formula is C11H13N3O5. The van der Waals surface area contributed by atoms with Gasteiger partial charge in [-0.05, 0) is 13.0 Å². The van der Waals surface area contributed by atoms with Crippen LogP contribution in [0.1, 0.15) is 17.5 Å². The summed E-state index contributed by atoms with van der Waals surface area (Å²) in [7, 11) is 0. The van der Waals surface area contributed by atoms with Crippen molar-refractivity contribution < 1.29 is 18.9 Å². The molecule has 0 saturated carbocycles. The second-order valence-corrected chi connectivity index (χ2v) is 4.20. The van der Waals surface area contributed by atoms with E-state index in [4.69, 9.17) is 4.42 Å². The van der Waals surface area contributed by atoms with E-state index in [-0.39, 0.29) is 17.6 Å². The average molecular weight is 267 g/mol. The van der Waals surface area contributed by atoms with Crippen LogP contribution in [-0.4, -0.2) is 41.3 Å². The fourth-order valence-corrected chi connectivity index (χ4v) is 1.83. The van der Waals surface area contributed by atoms with Crippen molar-refractivity contribution in [2.24, 2.45) is 5.92 Å². The lowest BCUT2D eigenvalue weighted by molar-refractivity contribution is -0.402. The summed E-state index contributed by atoms with van der Waals surface area (Å²) in [6, 6.07) is 2.40. The van der Waals surface area contributed by atoms with Crippen molar-refractivity contribution in [2.45, 2.75) is 6.92 Å². The lowest BCUT2D eigenvalue weighted by Crippen LogP contribution is -2.55. The molecule has 1 aromatic rings. The quantitative estimate of drug-likeness (QED) is 0.627. The molecule has 1 saturated heterocycles. The lowest BCUT2D eigenvalue weighted by Gasteiger charge is -2.37. The van der Waals surface area contributed by atoms with Crippen LogP contribution < -0.4 is 5.32 Å². The van der Waals surface area contributed by atoms with Gasteiger partial charge in [-0.1, -0.05) is 0 Å². The van der Waals surface area contributed by atoms with Crippen molar-refractivity contribution in [3.8, 4) is 0 Å². The Balaban J connectivity index is 1.92. The Labute approximate surface area is 108 Å². The summed E-state index contributed by atoms with van der Waals surface area (Å²) in [5, 5.41) is 13.1. The standard InChI is InChI=1S/C11H13N3O5/c1-2-12-10(15)7-5-13(6-7)11(16)8-3-4-9(19-8)14(17)18/h3-4,7H,2,5-6H2,1H3,(H,12,15). The van der Waals surface area contributed by atoms with Crippen molar-refractivity contribution in [1.29, 1.82) is 0 Å². The van der Waals surface area contributed by atoms with Crippen molar-refractivity contribution >= 4 is 17.7 Å². The first kappa shape index (κ1) is 13.1. The topological polar surface area (TPSA) is 106 Å². The van der Waals surface area contributed by atoms with Crippen molar-refractivity contribution in [3.05, 3.63) is 28.0 Å². The number of rotatable bonds is 4. The number of carbonyl (C=O) groups excluding carboxylic acids is 2. The third-order valence-electron chi connectivity index (χ3n) is 2.87. The Morgan fingerprint density at radius 3 is 2.74 bits per heavy atom. The van der Waals surface area contributed by atoms with E-state index in [0.29, 0.717) is 19.6 Å². The van der Waals surface area contributed by atoms with Gasteiger partial charge in [0.2, 0.25) is 5.91 Å². The van der Waals surface area contributed by atoms with Crippen molar-refractivity contribution in [3.63, 3.8) is 0 Å². The Bertz CT molecular complexity index is 518. The van der Waals surface area contributed by atoms with Crippen molar-refractivity contribution in [2.75, 3.05) is 19.6 Å². The number of nitro groups is 1. The summed E-state index contributed by atoms with van der Waals surface area (Å²) < 4.78 is 4.82. The summed E-state index contributed by atoms with van der Waals surface area (Å²) >= 11 is 0. The number of carbonyl (C=O) groups is 2. The van der Waals surface area contributed by atoms with Crippen LogP contribution in [0.15, 0.2) is 16.5 Å². The van der Waals surface area contributed by atoms with Gasteiger partial charge in [0.25, 0.3) is 5.91 Å². The van der Waals surface area contributed by atoms with Crippen molar-refractivity contribution in [1.82, 2.24) is 10.2 Å². The summed E-state index contributed by atoms with van der Waals surface area (Å²) in [6.07, 6.45) is 0. The smallest absolute Gasteiger partial charge is 0.395 e. The third-order valence-corrected chi connectivity index (χ3v) is 2.87.